The second-order valence-electron chi connectivity index (χ2n) is 4.33. The molecule has 1 rings (SSSR count). The summed E-state index contributed by atoms with van der Waals surface area (Å²) in [6.45, 7) is 2.72. The summed E-state index contributed by atoms with van der Waals surface area (Å²) in [6.07, 6.45) is 4.81. The van der Waals surface area contributed by atoms with E-state index < -0.39 is 0 Å². The van der Waals surface area contributed by atoms with Gasteiger partial charge in [0, 0.05) is 12.0 Å². The van der Waals surface area contributed by atoms with Crippen LogP contribution in [-0.4, -0.2) is 18.3 Å². The van der Waals surface area contributed by atoms with Gasteiger partial charge in [-0.25, -0.2) is 4.39 Å². The maximum Gasteiger partial charge on any atom is 0.165 e. The maximum absolute atomic E-state index is 13.5. The first-order valence-corrected chi connectivity index (χ1v) is 6.80. The van der Waals surface area contributed by atoms with Gasteiger partial charge in [0.15, 0.2) is 11.6 Å². The molecule has 0 unspecified atom stereocenters. The van der Waals surface area contributed by atoms with Crippen molar-refractivity contribution in [1.82, 2.24) is 0 Å². The zero-order valence-corrected chi connectivity index (χ0v) is 11.4. The minimum Gasteiger partial charge on any atom is -0.490 e. The van der Waals surface area contributed by atoms with Crippen LogP contribution in [0.2, 0.25) is 0 Å². The van der Waals surface area contributed by atoms with Crippen molar-refractivity contribution in [1.29, 1.82) is 0 Å². The molecule has 0 aliphatic carbocycles. The Kier molecular flexibility index (Phi) is 7.69. The topological polar surface area (TPSA) is 29.5 Å². The van der Waals surface area contributed by atoms with Crippen molar-refractivity contribution >= 4 is 0 Å². The number of aliphatic hydroxyl groups is 1. The van der Waals surface area contributed by atoms with Gasteiger partial charge >= 0.3 is 0 Å². The van der Waals surface area contributed by atoms with E-state index in [2.05, 4.69) is 18.8 Å². The van der Waals surface area contributed by atoms with Crippen LogP contribution >= 0.6 is 0 Å². The predicted molar refractivity (Wildman–Crippen MR) is 74.6 cm³/mol. The highest BCUT2D eigenvalue weighted by Gasteiger charge is 2.03. The molecule has 0 aliphatic heterocycles. The van der Waals surface area contributed by atoms with Crippen molar-refractivity contribution in [3.05, 3.63) is 29.6 Å². The Morgan fingerprint density at radius 1 is 1.26 bits per heavy atom. The van der Waals surface area contributed by atoms with E-state index in [4.69, 9.17) is 9.84 Å². The zero-order valence-electron chi connectivity index (χ0n) is 11.4. The Balaban J connectivity index is 2.52. The smallest absolute Gasteiger partial charge is 0.165 e. The van der Waals surface area contributed by atoms with E-state index in [0.29, 0.717) is 18.6 Å². The molecular weight excluding hydrogens is 243 g/mol. The Hall–Kier alpha value is -1.53. The molecule has 19 heavy (non-hydrogen) atoms. The van der Waals surface area contributed by atoms with Gasteiger partial charge in [-0.3, -0.25) is 0 Å². The lowest BCUT2D eigenvalue weighted by Gasteiger charge is -2.07. The molecule has 0 radical (unpaired) electrons. The number of rotatable bonds is 7. The summed E-state index contributed by atoms with van der Waals surface area (Å²) < 4.78 is 19.0. The summed E-state index contributed by atoms with van der Waals surface area (Å²) in [5.41, 5.74) is 0.707. The number of benzene rings is 1. The lowest BCUT2D eigenvalue weighted by atomic mass is 10.2. The van der Waals surface area contributed by atoms with Gasteiger partial charge in [-0.2, -0.15) is 0 Å². The van der Waals surface area contributed by atoms with Crippen LogP contribution in [0.3, 0.4) is 0 Å². The molecule has 2 nitrogen and oxygen atoms in total. The summed E-state index contributed by atoms with van der Waals surface area (Å²) in [6, 6.07) is 4.59. The van der Waals surface area contributed by atoms with E-state index in [-0.39, 0.29) is 18.2 Å². The molecule has 0 spiro atoms. The SMILES string of the molecule is CCCCCCOc1cc(C#CCCO)ccc1F. The third-order valence-electron chi connectivity index (χ3n) is 2.66. The standard InChI is InChI=1S/C16H21FO2/c1-2-3-4-7-12-19-16-13-14(8-5-6-11-18)9-10-15(16)17/h9-10,13,18H,2-4,6-7,11-12H2,1H3. The Labute approximate surface area is 114 Å². The third kappa shape index (κ3) is 6.26. The molecule has 0 aliphatic rings. The highest BCUT2D eigenvalue weighted by molar-refractivity contribution is 5.40. The molecule has 0 saturated carbocycles. The number of halogens is 1. The molecule has 0 amide bonds. The summed E-state index contributed by atoms with van der Waals surface area (Å²) in [7, 11) is 0. The molecular formula is C16H21FO2. The summed E-state index contributed by atoms with van der Waals surface area (Å²) in [4.78, 5) is 0. The highest BCUT2D eigenvalue weighted by atomic mass is 19.1. The Morgan fingerprint density at radius 3 is 2.84 bits per heavy atom. The second kappa shape index (κ2) is 9.41. The van der Waals surface area contributed by atoms with E-state index in [1.807, 2.05) is 0 Å². The number of ether oxygens (including phenoxy) is 1. The monoisotopic (exact) mass is 264 g/mol. The fourth-order valence-electron chi connectivity index (χ4n) is 1.62. The van der Waals surface area contributed by atoms with Gasteiger partial charge in [0.25, 0.3) is 0 Å². The largest absolute Gasteiger partial charge is 0.490 e. The molecule has 1 aromatic carbocycles. The molecule has 1 aromatic rings. The fourth-order valence-corrected chi connectivity index (χ4v) is 1.62. The minimum atomic E-state index is -0.358. The Bertz CT molecular complexity index is 432. The van der Waals surface area contributed by atoms with Crippen LogP contribution < -0.4 is 4.74 Å². The number of hydrogen-bond donors (Lipinski definition) is 1. The van der Waals surface area contributed by atoms with Crippen LogP contribution in [0.5, 0.6) is 5.75 Å². The molecule has 0 heterocycles. The lowest BCUT2D eigenvalue weighted by Crippen LogP contribution is -1.99. The van der Waals surface area contributed by atoms with Crippen molar-refractivity contribution in [3.63, 3.8) is 0 Å². The van der Waals surface area contributed by atoms with Crippen LogP contribution in [-0.2, 0) is 0 Å². The van der Waals surface area contributed by atoms with Crippen LogP contribution in [0.15, 0.2) is 18.2 Å². The average Bonchev–Trinajstić information content (AvgIpc) is 2.42. The van der Waals surface area contributed by atoms with Gasteiger partial charge in [-0.15, -0.1) is 0 Å². The van der Waals surface area contributed by atoms with Crippen LogP contribution in [0.4, 0.5) is 4.39 Å². The van der Waals surface area contributed by atoms with Gasteiger partial charge in [0.1, 0.15) is 0 Å². The average molecular weight is 264 g/mol. The predicted octanol–water partition coefficient (Wildman–Crippen LogP) is 3.52. The number of unbranched alkanes of at least 4 members (excludes halogenated alkanes) is 3. The summed E-state index contributed by atoms with van der Waals surface area (Å²) in [5, 5.41) is 8.64. The first kappa shape index (κ1) is 15.5. The first-order valence-electron chi connectivity index (χ1n) is 6.80. The highest BCUT2D eigenvalue weighted by Crippen LogP contribution is 2.19. The number of aliphatic hydroxyl groups excluding tert-OH is 1. The fraction of sp³-hybridized carbons (Fsp3) is 0.500. The van der Waals surface area contributed by atoms with Crippen LogP contribution in [0, 0.1) is 17.7 Å². The minimum absolute atomic E-state index is 0.0367. The molecule has 0 aromatic heterocycles. The molecule has 3 heteroatoms. The van der Waals surface area contributed by atoms with Crippen molar-refractivity contribution in [2.75, 3.05) is 13.2 Å². The first-order chi connectivity index (χ1) is 9.27. The molecule has 0 saturated heterocycles. The number of hydrogen-bond acceptors (Lipinski definition) is 2. The van der Waals surface area contributed by atoms with E-state index >= 15 is 0 Å². The van der Waals surface area contributed by atoms with Gasteiger partial charge in [0.2, 0.25) is 0 Å². The second-order valence-corrected chi connectivity index (χ2v) is 4.33. The lowest BCUT2D eigenvalue weighted by molar-refractivity contribution is 0.290. The van der Waals surface area contributed by atoms with E-state index in [0.717, 1.165) is 12.8 Å². The van der Waals surface area contributed by atoms with E-state index in [9.17, 15) is 4.39 Å². The van der Waals surface area contributed by atoms with Crippen molar-refractivity contribution in [2.45, 2.75) is 39.0 Å². The summed E-state index contributed by atoms with van der Waals surface area (Å²) >= 11 is 0. The molecule has 1 N–H and O–H groups in total. The molecule has 0 atom stereocenters. The van der Waals surface area contributed by atoms with Crippen molar-refractivity contribution < 1.29 is 14.2 Å². The quantitative estimate of drug-likeness (QED) is 0.603. The normalized spacial score (nSPS) is 9.84. The van der Waals surface area contributed by atoms with Gasteiger partial charge in [-0.1, -0.05) is 38.0 Å². The molecule has 104 valence electrons. The molecule has 0 fully saturated rings. The van der Waals surface area contributed by atoms with Crippen LogP contribution in [0.25, 0.3) is 0 Å². The van der Waals surface area contributed by atoms with Gasteiger partial charge < -0.3 is 9.84 Å². The van der Waals surface area contributed by atoms with Gasteiger partial charge in [-0.05, 0) is 24.6 Å². The van der Waals surface area contributed by atoms with Gasteiger partial charge in [0.05, 0.1) is 13.2 Å². The third-order valence-corrected chi connectivity index (χ3v) is 2.66. The van der Waals surface area contributed by atoms with E-state index in [1.165, 1.54) is 18.9 Å². The van der Waals surface area contributed by atoms with E-state index in [1.54, 1.807) is 12.1 Å². The maximum atomic E-state index is 13.5. The Morgan fingerprint density at radius 2 is 2.11 bits per heavy atom. The van der Waals surface area contributed by atoms with Crippen molar-refractivity contribution in [3.8, 4) is 17.6 Å². The summed E-state index contributed by atoms with van der Waals surface area (Å²) in [5.74, 6) is 5.57. The van der Waals surface area contributed by atoms with Crippen molar-refractivity contribution in [2.24, 2.45) is 0 Å². The molecule has 0 bridgehead atoms. The zero-order chi connectivity index (χ0) is 13.9. The van der Waals surface area contributed by atoms with Crippen LogP contribution in [0.1, 0.15) is 44.6 Å².